The second-order valence-corrected chi connectivity index (χ2v) is 7.82. The molecule has 5 nitrogen and oxygen atoms in total. The second kappa shape index (κ2) is 5.26. The lowest BCUT2D eigenvalue weighted by Crippen LogP contribution is -2.50. The fourth-order valence-corrected chi connectivity index (χ4v) is 4.50. The van der Waals surface area contributed by atoms with Crippen LogP contribution in [-0.2, 0) is 21.2 Å². The molecule has 1 fully saturated rings. The lowest BCUT2D eigenvalue weighted by atomic mass is 9.97. The van der Waals surface area contributed by atoms with Crippen molar-refractivity contribution in [3.8, 4) is 0 Å². The summed E-state index contributed by atoms with van der Waals surface area (Å²) in [6.07, 6.45) is 2.53. The first kappa shape index (κ1) is 14.8. The summed E-state index contributed by atoms with van der Waals surface area (Å²) in [5.74, 6) is 0. The van der Waals surface area contributed by atoms with Crippen molar-refractivity contribution < 1.29 is 13.2 Å². The first-order valence-electron chi connectivity index (χ1n) is 7.43. The molecule has 0 amide bonds. The minimum absolute atomic E-state index is 0.119. The minimum Gasteiger partial charge on any atom is -0.385 e. The maximum Gasteiger partial charge on any atom is 0.241 e. The molecule has 3 rings (SSSR count). The Bertz CT molecular complexity index is 644. The van der Waals surface area contributed by atoms with E-state index < -0.39 is 15.6 Å². The lowest BCUT2D eigenvalue weighted by Gasteiger charge is -2.28. The third-order valence-electron chi connectivity index (χ3n) is 4.58. The van der Waals surface area contributed by atoms with Crippen LogP contribution in [0.25, 0.3) is 0 Å². The van der Waals surface area contributed by atoms with Gasteiger partial charge in [0.15, 0.2) is 0 Å². The monoisotopic (exact) mass is 310 g/mol. The molecule has 0 bridgehead atoms. The molecule has 2 aliphatic heterocycles. The van der Waals surface area contributed by atoms with Gasteiger partial charge in [-0.1, -0.05) is 0 Å². The predicted octanol–water partition coefficient (Wildman–Crippen LogP) is 1.89. The van der Waals surface area contributed by atoms with E-state index >= 15 is 0 Å². The van der Waals surface area contributed by atoms with E-state index in [-0.39, 0.29) is 6.10 Å². The average Bonchev–Trinajstić information content (AvgIpc) is 2.77. The molecule has 1 aromatic rings. The van der Waals surface area contributed by atoms with Crippen molar-refractivity contribution in [3.05, 3.63) is 23.8 Å². The van der Waals surface area contributed by atoms with Crippen LogP contribution < -0.4 is 10.0 Å². The molecule has 2 aliphatic rings. The van der Waals surface area contributed by atoms with Crippen LogP contribution in [0.1, 0.15) is 32.3 Å². The van der Waals surface area contributed by atoms with Gasteiger partial charge in [-0.3, -0.25) is 0 Å². The molecular formula is C15H22N2O3S. The zero-order valence-corrected chi connectivity index (χ0v) is 13.3. The summed E-state index contributed by atoms with van der Waals surface area (Å²) in [4.78, 5) is 0.338. The van der Waals surface area contributed by atoms with Gasteiger partial charge < -0.3 is 10.1 Å². The van der Waals surface area contributed by atoms with E-state index in [0.29, 0.717) is 17.9 Å². The van der Waals surface area contributed by atoms with Crippen LogP contribution in [0.3, 0.4) is 0 Å². The van der Waals surface area contributed by atoms with Gasteiger partial charge in [0.25, 0.3) is 0 Å². The molecule has 0 aromatic heterocycles. The van der Waals surface area contributed by atoms with Crippen molar-refractivity contribution in [2.75, 3.05) is 18.5 Å². The Morgan fingerprint density at radius 2 is 2.24 bits per heavy atom. The summed E-state index contributed by atoms with van der Waals surface area (Å²) in [5, 5.41) is 3.29. The number of sulfonamides is 1. The molecule has 2 unspecified atom stereocenters. The predicted molar refractivity (Wildman–Crippen MR) is 82.0 cm³/mol. The Balaban J connectivity index is 1.88. The van der Waals surface area contributed by atoms with Gasteiger partial charge in [0.2, 0.25) is 10.0 Å². The van der Waals surface area contributed by atoms with Crippen molar-refractivity contribution in [1.29, 1.82) is 0 Å². The second-order valence-electron chi connectivity index (χ2n) is 6.14. The third kappa shape index (κ3) is 2.80. The summed E-state index contributed by atoms with van der Waals surface area (Å²) in [6.45, 7) is 5.35. The SMILES string of the molecule is CC1OCCC1(C)NS(=O)(=O)c1ccc2c(c1)CCCN2. The average molecular weight is 310 g/mol. The maximum absolute atomic E-state index is 12.6. The fraction of sp³-hybridized carbons (Fsp3) is 0.600. The number of rotatable bonds is 3. The van der Waals surface area contributed by atoms with Crippen molar-refractivity contribution in [2.24, 2.45) is 0 Å². The highest BCUT2D eigenvalue weighted by molar-refractivity contribution is 7.89. The molecule has 0 saturated carbocycles. The summed E-state index contributed by atoms with van der Waals surface area (Å²) in [6, 6.07) is 5.32. The van der Waals surface area contributed by atoms with E-state index in [4.69, 9.17) is 4.74 Å². The Labute approximate surface area is 126 Å². The number of hydrogen-bond acceptors (Lipinski definition) is 4. The standard InChI is InChI=1S/C15H22N2O3S/c1-11-15(2,7-9-20-11)17-21(18,19)13-5-6-14-12(10-13)4-3-8-16-14/h5-6,10-11,16-17H,3-4,7-9H2,1-2H3. The first-order chi connectivity index (χ1) is 9.91. The van der Waals surface area contributed by atoms with Gasteiger partial charge in [0, 0.05) is 18.8 Å². The number of ether oxygens (including phenoxy) is 1. The van der Waals surface area contributed by atoms with Crippen LogP contribution in [-0.4, -0.2) is 33.2 Å². The van der Waals surface area contributed by atoms with Gasteiger partial charge >= 0.3 is 0 Å². The van der Waals surface area contributed by atoms with Crippen LogP contribution in [0.15, 0.2) is 23.1 Å². The van der Waals surface area contributed by atoms with Gasteiger partial charge in [-0.15, -0.1) is 0 Å². The Morgan fingerprint density at radius 1 is 1.43 bits per heavy atom. The van der Waals surface area contributed by atoms with Crippen molar-refractivity contribution in [1.82, 2.24) is 4.72 Å². The summed E-state index contributed by atoms with van der Waals surface area (Å²) >= 11 is 0. The highest BCUT2D eigenvalue weighted by Crippen LogP contribution is 2.29. The van der Waals surface area contributed by atoms with Crippen LogP contribution in [0.2, 0.25) is 0 Å². The number of hydrogen-bond donors (Lipinski definition) is 2. The molecule has 2 atom stereocenters. The molecule has 0 aliphatic carbocycles. The van der Waals surface area contributed by atoms with Crippen LogP contribution in [0, 0.1) is 0 Å². The maximum atomic E-state index is 12.6. The topological polar surface area (TPSA) is 67.4 Å². The normalized spacial score (nSPS) is 29.0. The van der Waals surface area contributed by atoms with Gasteiger partial charge in [0.1, 0.15) is 0 Å². The molecule has 0 spiro atoms. The number of aryl methyl sites for hydroxylation is 1. The van der Waals surface area contributed by atoms with E-state index in [1.807, 2.05) is 19.9 Å². The Morgan fingerprint density at radius 3 is 2.95 bits per heavy atom. The van der Waals surface area contributed by atoms with Gasteiger partial charge in [-0.25, -0.2) is 13.1 Å². The zero-order chi connectivity index (χ0) is 15.1. The summed E-state index contributed by atoms with van der Waals surface area (Å²) in [7, 11) is -3.53. The number of nitrogens with one attached hydrogen (secondary N) is 2. The molecule has 116 valence electrons. The Hall–Kier alpha value is -1.11. The van der Waals surface area contributed by atoms with Crippen LogP contribution >= 0.6 is 0 Å². The van der Waals surface area contributed by atoms with Gasteiger partial charge in [-0.05, 0) is 56.9 Å². The molecule has 6 heteroatoms. The van der Waals surface area contributed by atoms with Crippen LogP contribution in [0.5, 0.6) is 0 Å². The largest absolute Gasteiger partial charge is 0.385 e. The third-order valence-corrected chi connectivity index (χ3v) is 6.19. The summed E-state index contributed by atoms with van der Waals surface area (Å²) < 4.78 is 33.6. The highest BCUT2D eigenvalue weighted by Gasteiger charge is 2.40. The van der Waals surface area contributed by atoms with Crippen LogP contribution in [0.4, 0.5) is 5.69 Å². The first-order valence-corrected chi connectivity index (χ1v) is 8.91. The van der Waals surface area contributed by atoms with E-state index in [0.717, 1.165) is 30.6 Å². The van der Waals surface area contributed by atoms with E-state index in [1.54, 1.807) is 12.1 Å². The number of anilines is 1. The minimum atomic E-state index is -3.53. The molecule has 2 heterocycles. The van der Waals surface area contributed by atoms with Gasteiger partial charge in [0.05, 0.1) is 16.5 Å². The molecule has 2 N–H and O–H groups in total. The molecular weight excluding hydrogens is 288 g/mol. The smallest absolute Gasteiger partial charge is 0.241 e. The highest BCUT2D eigenvalue weighted by atomic mass is 32.2. The van der Waals surface area contributed by atoms with E-state index in [9.17, 15) is 8.42 Å². The lowest BCUT2D eigenvalue weighted by molar-refractivity contribution is 0.0957. The van der Waals surface area contributed by atoms with E-state index in [2.05, 4.69) is 10.0 Å². The number of benzene rings is 1. The van der Waals surface area contributed by atoms with Gasteiger partial charge in [-0.2, -0.15) is 0 Å². The van der Waals surface area contributed by atoms with Crippen molar-refractivity contribution in [3.63, 3.8) is 0 Å². The molecule has 21 heavy (non-hydrogen) atoms. The quantitative estimate of drug-likeness (QED) is 0.894. The number of fused-ring (bicyclic) bond motifs is 1. The summed E-state index contributed by atoms with van der Waals surface area (Å²) in [5.41, 5.74) is 1.58. The van der Waals surface area contributed by atoms with Crippen molar-refractivity contribution >= 4 is 15.7 Å². The zero-order valence-electron chi connectivity index (χ0n) is 12.5. The molecule has 1 saturated heterocycles. The van der Waals surface area contributed by atoms with E-state index in [1.165, 1.54) is 0 Å². The molecule has 0 radical (unpaired) electrons. The van der Waals surface area contributed by atoms with Crippen molar-refractivity contribution in [2.45, 2.75) is 49.6 Å². The Kier molecular flexibility index (Phi) is 3.71. The fourth-order valence-electron chi connectivity index (χ4n) is 2.95. The molecule has 1 aromatic carbocycles.